The fourth-order valence-corrected chi connectivity index (χ4v) is 1.90. The lowest BCUT2D eigenvalue weighted by molar-refractivity contribution is 0.284. The molecule has 0 aromatic heterocycles. The monoisotopic (exact) mass is 218 g/mol. The minimum Gasteiger partial charge on any atom is -0.396 e. The van der Waals surface area contributed by atoms with Gasteiger partial charge in [-0.15, -0.1) is 0 Å². The molecule has 1 aromatic carbocycles. The lowest BCUT2D eigenvalue weighted by atomic mass is 9.96. The van der Waals surface area contributed by atoms with E-state index in [1.807, 2.05) is 6.92 Å². The molecule has 0 bridgehead atoms. The number of rotatable bonds is 6. The molecule has 0 aliphatic carbocycles. The van der Waals surface area contributed by atoms with E-state index in [0.29, 0.717) is 6.61 Å². The van der Waals surface area contributed by atoms with E-state index in [9.17, 15) is 0 Å². The Balaban J connectivity index is 2.84. The van der Waals surface area contributed by atoms with Gasteiger partial charge in [0.25, 0.3) is 0 Å². The molecule has 0 fully saturated rings. The van der Waals surface area contributed by atoms with Crippen LogP contribution in [0.3, 0.4) is 0 Å². The van der Waals surface area contributed by atoms with Gasteiger partial charge in [-0.05, 0) is 49.3 Å². The third kappa shape index (κ3) is 3.49. The van der Waals surface area contributed by atoms with Crippen molar-refractivity contribution in [3.05, 3.63) is 41.5 Å². The van der Waals surface area contributed by atoms with E-state index in [0.717, 1.165) is 31.3 Å². The van der Waals surface area contributed by atoms with Gasteiger partial charge in [-0.3, -0.25) is 0 Å². The van der Waals surface area contributed by atoms with Crippen molar-refractivity contribution >= 4 is 5.57 Å². The van der Waals surface area contributed by atoms with E-state index < -0.39 is 0 Å². The van der Waals surface area contributed by atoms with Gasteiger partial charge in [0.15, 0.2) is 0 Å². The summed E-state index contributed by atoms with van der Waals surface area (Å²) in [6, 6.07) is 6.60. The fraction of sp³-hybridized carbons (Fsp3) is 0.467. The zero-order valence-corrected chi connectivity index (χ0v) is 10.4. The highest BCUT2D eigenvalue weighted by Gasteiger charge is 2.03. The first-order valence-electron chi connectivity index (χ1n) is 6.07. The summed E-state index contributed by atoms with van der Waals surface area (Å²) in [5, 5.41) is 8.80. The van der Waals surface area contributed by atoms with Gasteiger partial charge in [0, 0.05) is 6.61 Å². The molecule has 1 nitrogen and oxygen atoms in total. The van der Waals surface area contributed by atoms with Crippen molar-refractivity contribution in [2.45, 2.75) is 39.5 Å². The highest BCUT2D eigenvalue weighted by molar-refractivity contribution is 5.62. The van der Waals surface area contributed by atoms with Gasteiger partial charge in [-0.1, -0.05) is 37.3 Å². The minimum atomic E-state index is 0.293. The Hall–Kier alpha value is -1.08. The molecule has 0 spiro atoms. The predicted molar refractivity (Wildman–Crippen MR) is 70.6 cm³/mol. The number of benzene rings is 1. The third-order valence-electron chi connectivity index (χ3n) is 2.93. The summed E-state index contributed by atoms with van der Waals surface area (Å²) in [4.78, 5) is 0. The molecule has 0 amide bonds. The number of hydrogen-bond donors (Lipinski definition) is 1. The Kier molecular flexibility index (Phi) is 5.27. The molecule has 1 aromatic rings. The second-order valence-corrected chi connectivity index (χ2v) is 4.30. The zero-order chi connectivity index (χ0) is 12.0. The Bertz CT molecular complexity index is 352. The minimum absolute atomic E-state index is 0.293. The molecule has 0 radical (unpaired) electrons. The molecule has 88 valence electrons. The molecule has 0 saturated carbocycles. The molecule has 1 rings (SSSR count). The number of aliphatic hydroxyl groups excluding tert-OH is 1. The van der Waals surface area contributed by atoms with Crippen molar-refractivity contribution in [1.29, 1.82) is 0 Å². The smallest absolute Gasteiger partial charge is 0.0431 e. The third-order valence-corrected chi connectivity index (χ3v) is 2.93. The van der Waals surface area contributed by atoms with E-state index >= 15 is 0 Å². The van der Waals surface area contributed by atoms with Crippen LogP contribution in [0.15, 0.2) is 24.8 Å². The molecule has 0 heterocycles. The van der Waals surface area contributed by atoms with Crippen LogP contribution < -0.4 is 0 Å². The van der Waals surface area contributed by atoms with Crippen LogP contribution in [-0.2, 0) is 12.8 Å². The Morgan fingerprint density at radius 1 is 1.25 bits per heavy atom. The van der Waals surface area contributed by atoms with E-state index in [1.54, 1.807) is 0 Å². The average Bonchev–Trinajstić information content (AvgIpc) is 2.29. The summed E-state index contributed by atoms with van der Waals surface area (Å²) in [6.45, 7) is 8.50. The van der Waals surface area contributed by atoms with E-state index in [1.165, 1.54) is 16.7 Å². The number of aliphatic hydroxyl groups is 1. The van der Waals surface area contributed by atoms with Gasteiger partial charge in [-0.2, -0.15) is 0 Å². The van der Waals surface area contributed by atoms with Gasteiger partial charge in [0.2, 0.25) is 0 Å². The van der Waals surface area contributed by atoms with Crippen LogP contribution in [0.4, 0.5) is 0 Å². The Morgan fingerprint density at radius 3 is 2.56 bits per heavy atom. The number of unbranched alkanes of at least 4 members (excludes halogenated alkanes) is 1. The van der Waals surface area contributed by atoms with Gasteiger partial charge in [-0.25, -0.2) is 0 Å². The van der Waals surface area contributed by atoms with Gasteiger partial charge in [0.05, 0.1) is 0 Å². The van der Waals surface area contributed by atoms with Gasteiger partial charge < -0.3 is 5.11 Å². The van der Waals surface area contributed by atoms with Gasteiger partial charge in [0.1, 0.15) is 0 Å². The molecular weight excluding hydrogens is 196 g/mol. The summed E-state index contributed by atoms with van der Waals surface area (Å²) in [5.74, 6) is 0. The van der Waals surface area contributed by atoms with Gasteiger partial charge >= 0.3 is 0 Å². The molecule has 0 aliphatic heterocycles. The average molecular weight is 218 g/mol. The molecule has 0 atom stereocenters. The van der Waals surface area contributed by atoms with Crippen molar-refractivity contribution in [2.75, 3.05) is 6.61 Å². The maximum absolute atomic E-state index is 8.80. The summed E-state index contributed by atoms with van der Waals surface area (Å²) >= 11 is 0. The Morgan fingerprint density at radius 2 is 2.00 bits per heavy atom. The van der Waals surface area contributed by atoms with Crippen LogP contribution in [0, 0.1) is 0 Å². The van der Waals surface area contributed by atoms with E-state index in [4.69, 9.17) is 5.11 Å². The largest absolute Gasteiger partial charge is 0.396 e. The molecule has 16 heavy (non-hydrogen) atoms. The zero-order valence-electron chi connectivity index (χ0n) is 10.4. The molecule has 0 saturated heterocycles. The SMILES string of the molecule is C=C(C)c1ccc(CC)c(CCCCO)c1. The first-order valence-corrected chi connectivity index (χ1v) is 6.07. The van der Waals surface area contributed by atoms with Crippen molar-refractivity contribution in [1.82, 2.24) is 0 Å². The van der Waals surface area contributed by atoms with Crippen molar-refractivity contribution in [2.24, 2.45) is 0 Å². The predicted octanol–water partition coefficient (Wildman–Crippen LogP) is 3.60. The first kappa shape index (κ1) is 13.0. The molecule has 0 aliphatic rings. The highest BCUT2D eigenvalue weighted by Crippen LogP contribution is 2.19. The van der Waals surface area contributed by atoms with Crippen molar-refractivity contribution in [3.8, 4) is 0 Å². The fourth-order valence-electron chi connectivity index (χ4n) is 1.90. The maximum Gasteiger partial charge on any atom is 0.0431 e. The molecule has 1 N–H and O–H groups in total. The maximum atomic E-state index is 8.80. The normalized spacial score (nSPS) is 10.4. The van der Waals surface area contributed by atoms with Crippen molar-refractivity contribution < 1.29 is 5.11 Å². The Labute approximate surface area is 98.8 Å². The van der Waals surface area contributed by atoms with Crippen LogP contribution in [-0.4, -0.2) is 11.7 Å². The number of aryl methyl sites for hydroxylation is 2. The van der Waals surface area contributed by atoms with E-state index in [2.05, 4.69) is 31.7 Å². The van der Waals surface area contributed by atoms with Crippen LogP contribution >= 0.6 is 0 Å². The lowest BCUT2D eigenvalue weighted by Gasteiger charge is -2.10. The second kappa shape index (κ2) is 6.49. The van der Waals surface area contributed by atoms with Crippen LogP contribution in [0.5, 0.6) is 0 Å². The molecule has 0 unspecified atom stereocenters. The summed E-state index contributed by atoms with van der Waals surface area (Å²) < 4.78 is 0. The number of hydrogen-bond acceptors (Lipinski definition) is 1. The van der Waals surface area contributed by atoms with Crippen LogP contribution in [0.25, 0.3) is 5.57 Å². The molecule has 1 heteroatoms. The molecular formula is C15H22O. The van der Waals surface area contributed by atoms with E-state index in [-0.39, 0.29) is 0 Å². The van der Waals surface area contributed by atoms with Crippen LogP contribution in [0.2, 0.25) is 0 Å². The first-order chi connectivity index (χ1) is 7.69. The topological polar surface area (TPSA) is 20.2 Å². The highest BCUT2D eigenvalue weighted by atomic mass is 16.2. The summed E-state index contributed by atoms with van der Waals surface area (Å²) in [7, 11) is 0. The quantitative estimate of drug-likeness (QED) is 0.723. The second-order valence-electron chi connectivity index (χ2n) is 4.30. The lowest BCUT2D eigenvalue weighted by Crippen LogP contribution is -1.96. The number of allylic oxidation sites excluding steroid dienone is 1. The van der Waals surface area contributed by atoms with Crippen molar-refractivity contribution in [3.63, 3.8) is 0 Å². The summed E-state index contributed by atoms with van der Waals surface area (Å²) in [6.07, 6.45) is 4.08. The summed E-state index contributed by atoms with van der Waals surface area (Å²) in [5.41, 5.74) is 5.18. The standard InChI is InChI=1S/C15H22O/c1-4-13-8-9-14(12(2)3)11-15(13)7-5-6-10-16/h8-9,11,16H,2,4-7,10H2,1,3H3. The van der Waals surface area contributed by atoms with Crippen LogP contribution in [0.1, 0.15) is 43.4 Å².